The molecule has 0 radical (unpaired) electrons. The standard InChI is InChI=1S/C13H13BrN4O2/c1-7-5-9(3-4-10(7)14)20-13-16-8(2)6-11(17-13)12(15)18-19/h3-6,19H,1-2H3,(H2,15,18). The molecule has 0 saturated carbocycles. The van der Waals surface area contributed by atoms with E-state index >= 15 is 0 Å². The zero-order valence-electron chi connectivity index (χ0n) is 11.0. The summed E-state index contributed by atoms with van der Waals surface area (Å²) in [5.74, 6) is 0.522. The van der Waals surface area contributed by atoms with Gasteiger partial charge in [0.15, 0.2) is 5.84 Å². The van der Waals surface area contributed by atoms with Gasteiger partial charge >= 0.3 is 6.01 Å². The van der Waals surface area contributed by atoms with E-state index in [-0.39, 0.29) is 11.8 Å². The zero-order chi connectivity index (χ0) is 14.7. The van der Waals surface area contributed by atoms with E-state index in [0.717, 1.165) is 10.0 Å². The maximum Gasteiger partial charge on any atom is 0.322 e. The molecule has 2 rings (SSSR count). The van der Waals surface area contributed by atoms with Crippen molar-refractivity contribution in [3.05, 3.63) is 45.7 Å². The highest BCUT2D eigenvalue weighted by molar-refractivity contribution is 9.10. The molecule has 2 aromatic rings. The molecule has 1 aromatic carbocycles. The summed E-state index contributed by atoms with van der Waals surface area (Å²) in [6.45, 7) is 3.73. The van der Waals surface area contributed by atoms with Crippen LogP contribution >= 0.6 is 15.9 Å². The van der Waals surface area contributed by atoms with E-state index in [1.165, 1.54) is 0 Å². The van der Waals surface area contributed by atoms with E-state index in [0.29, 0.717) is 17.1 Å². The maximum atomic E-state index is 8.68. The van der Waals surface area contributed by atoms with Crippen LogP contribution in [-0.2, 0) is 0 Å². The van der Waals surface area contributed by atoms with Gasteiger partial charge < -0.3 is 15.7 Å². The number of nitrogens with two attached hydrogens (primary N) is 1. The molecular weight excluding hydrogens is 324 g/mol. The quantitative estimate of drug-likeness (QED) is 0.389. The predicted molar refractivity (Wildman–Crippen MR) is 78.2 cm³/mol. The van der Waals surface area contributed by atoms with E-state index in [1.54, 1.807) is 19.1 Å². The van der Waals surface area contributed by atoms with Crippen molar-refractivity contribution in [1.29, 1.82) is 0 Å². The van der Waals surface area contributed by atoms with Crippen LogP contribution in [0.25, 0.3) is 0 Å². The summed E-state index contributed by atoms with van der Waals surface area (Å²) in [5.41, 5.74) is 7.52. The van der Waals surface area contributed by atoms with Gasteiger partial charge in [0.2, 0.25) is 0 Å². The second-order valence-corrected chi connectivity index (χ2v) is 5.03. The minimum atomic E-state index is -0.0904. The Labute approximate surface area is 124 Å². The highest BCUT2D eigenvalue weighted by atomic mass is 79.9. The van der Waals surface area contributed by atoms with Gasteiger partial charge in [-0.2, -0.15) is 4.98 Å². The lowest BCUT2D eigenvalue weighted by molar-refractivity contribution is 0.318. The van der Waals surface area contributed by atoms with E-state index in [1.807, 2.05) is 19.1 Å². The van der Waals surface area contributed by atoms with Crippen molar-refractivity contribution in [2.45, 2.75) is 13.8 Å². The first-order valence-corrected chi connectivity index (χ1v) is 6.56. The summed E-state index contributed by atoms with van der Waals surface area (Å²) in [6, 6.07) is 7.29. The van der Waals surface area contributed by atoms with Gasteiger partial charge in [-0.15, -0.1) is 0 Å². The van der Waals surface area contributed by atoms with Crippen molar-refractivity contribution in [2.75, 3.05) is 0 Å². The molecule has 6 nitrogen and oxygen atoms in total. The fourth-order valence-electron chi connectivity index (χ4n) is 1.56. The normalized spacial score (nSPS) is 11.4. The van der Waals surface area contributed by atoms with Gasteiger partial charge in [0.25, 0.3) is 0 Å². The number of hydrogen-bond acceptors (Lipinski definition) is 5. The lowest BCUT2D eigenvalue weighted by Crippen LogP contribution is -2.16. The second-order valence-electron chi connectivity index (χ2n) is 4.18. The van der Waals surface area contributed by atoms with E-state index in [9.17, 15) is 0 Å². The van der Waals surface area contributed by atoms with E-state index in [4.69, 9.17) is 15.7 Å². The summed E-state index contributed by atoms with van der Waals surface area (Å²) in [6.07, 6.45) is 0. The summed E-state index contributed by atoms with van der Waals surface area (Å²) >= 11 is 3.42. The van der Waals surface area contributed by atoms with Crippen molar-refractivity contribution in [3.63, 3.8) is 0 Å². The number of nitrogens with zero attached hydrogens (tertiary/aromatic N) is 3. The minimum Gasteiger partial charge on any atom is -0.424 e. The van der Waals surface area contributed by atoms with Crippen molar-refractivity contribution in [1.82, 2.24) is 9.97 Å². The van der Waals surface area contributed by atoms with Gasteiger partial charge in [0.1, 0.15) is 11.4 Å². The molecule has 3 N–H and O–H groups in total. The first-order chi connectivity index (χ1) is 9.49. The molecule has 0 aliphatic heterocycles. The Morgan fingerprint density at radius 1 is 1.30 bits per heavy atom. The largest absolute Gasteiger partial charge is 0.424 e. The van der Waals surface area contributed by atoms with Gasteiger partial charge in [-0.05, 0) is 43.7 Å². The molecule has 0 atom stereocenters. The lowest BCUT2D eigenvalue weighted by atomic mass is 10.2. The van der Waals surface area contributed by atoms with Crippen molar-refractivity contribution in [3.8, 4) is 11.8 Å². The van der Waals surface area contributed by atoms with Crippen LogP contribution in [0.5, 0.6) is 11.8 Å². The Kier molecular flexibility index (Phi) is 4.19. The van der Waals surface area contributed by atoms with Crippen molar-refractivity contribution in [2.24, 2.45) is 10.9 Å². The van der Waals surface area contributed by atoms with Crippen molar-refractivity contribution >= 4 is 21.8 Å². The van der Waals surface area contributed by atoms with Crippen LogP contribution in [0.1, 0.15) is 17.0 Å². The van der Waals surface area contributed by atoms with Crippen LogP contribution in [0.2, 0.25) is 0 Å². The summed E-state index contributed by atoms with van der Waals surface area (Å²) in [5, 5.41) is 11.6. The molecule has 1 heterocycles. The fraction of sp³-hybridized carbons (Fsp3) is 0.154. The van der Waals surface area contributed by atoms with Gasteiger partial charge in [0, 0.05) is 10.2 Å². The molecule has 7 heteroatoms. The average Bonchev–Trinajstić information content (AvgIpc) is 2.41. The van der Waals surface area contributed by atoms with Crippen LogP contribution < -0.4 is 10.5 Å². The molecule has 1 aromatic heterocycles. The highest BCUT2D eigenvalue weighted by Gasteiger charge is 2.08. The lowest BCUT2D eigenvalue weighted by Gasteiger charge is -2.07. The number of oxime groups is 1. The molecule has 20 heavy (non-hydrogen) atoms. The molecule has 0 aliphatic carbocycles. The molecule has 0 spiro atoms. The molecule has 0 amide bonds. The minimum absolute atomic E-state index is 0.0904. The third-order valence-corrected chi connectivity index (χ3v) is 3.43. The summed E-state index contributed by atoms with van der Waals surface area (Å²) in [4.78, 5) is 8.25. The molecule has 0 unspecified atom stereocenters. The van der Waals surface area contributed by atoms with Crippen LogP contribution in [0, 0.1) is 13.8 Å². The third-order valence-electron chi connectivity index (χ3n) is 2.54. The highest BCUT2D eigenvalue weighted by Crippen LogP contribution is 2.24. The smallest absolute Gasteiger partial charge is 0.322 e. The molecule has 0 bridgehead atoms. The number of rotatable bonds is 3. The molecule has 104 valence electrons. The topological polar surface area (TPSA) is 93.6 Å². The maximum absolute atomic E-state index is 8.68. The number of ether oxygens (including phenoxy) is 1. The SMILES string of the molecule is Cc1cc(/C(N)=N/O)nc(Oc2ccc(Br)c(C)c2)n1. The van der Waals surface area contributed by atoms with Crippen LogP contribution in [0.3, 0.4) is 0 Å². The molecule has 0 saturated heterocycles. The Morgan fingerprint density at radius 3 is 2.70 bits per heavy atom. The first-order valence-electron chi connectivity index (χ1n) is 5.77. The van der Waals surface area contributed by atoms with E-state index < -0.39 is 0 Å². The fourth-order valence-corrected chi connectivity index (χ4v) is 1.80. The first kappa shape index (κ1) is 14.3. The monoisotopic (exact) mass is 336 g/mol. The number of aromatic nitrogens is 2. The Balaban J connectivity index is 2.33. The predicted octanol–water partition coefficient (Wildman–Crippen LogP) is 2.74. The molecule has 0 aliphatic rings. The van der Waals surface area contributed by atoms with Crippen LogP contribution in [0.15, 0.2) is 33.9 Å². The van der Waals surface area contributed by atoms with Gasteiger partial charge in [-0.1, -0.05) is 21.1 Å². The summed E-state index contributed by atoms with van der Waals surface area (Å²) in [7, 11) is 0. The number of amidine groups is 1. The number of halogens is 1. The number of benzene rings is 1. The van der Waals surface area contributed by atoms with Crippen molar-refractivity contribution < 1.29 is 9.94 Å². The van der Waals surface area contributed by atoms with Crippen LogP contribution in [-0.4, -0.2) is 21.0 Å². The summed E-state index contributed by atoms with van der Waals surface area (Å²) < 4.78 is 6.59. The van der Waals surface area contributed by atoms with E-state index in [2.05, 4.69) is 31.1 Å². The Morgan fingerprint density at radius 2 is 2.05 bits per heavy atom. The zero-order valence-corrected chi connectivity index (χ0v) is 12.5. The number of hydrogen-bond donors (Lipinski definition) is 2. The van der Waals surface area contributed by atoms with Crippen LogP contribution in [0.4, 0.5) is 0 Å². The van der Waals surface area contributed by atoms with Gasteiger partial charge in [-0.25, -0.2) is 4.98 Å². The average molecular weight is 337 g/mol. The number of aryl methyl sites for hydroxylation is 2. The van der Waals surface area contributed by atoms with Gasteiger partial charge in [-0.3, -0.25) is 0 Å². The van der Waals surface area contributed by atoms with Gasteiger partial charge in [0.05, 0.1) is 0 Å². The Hall–Kier alpha value is -2.15. The second kappa shape index (κ2) is 5.87. The Bertz CT molecular complexity index is 673. The molecule has 0 fully saturated rings. The third kappa shape index (κ3) is 3.24. The molecular formula is C13H13BrN4O2.